The van der Waals surface area contributed by atoms with Crippen molar-refractivity contribution in [1.82, 2.24) is 5.32 Å². The van der Waals surface area contributed by atoms with Crippen molar-refractivity contribution in [2.24, 2.45) is 0 Å². The highest BCUT2D eigenvalue weighted by molar-refractivity contribution is 7.80. The third-order valence-corrected chi connectivity index (χ3v) is 11.2. The van der Waals surface area contributed by atoms with Gasteiger partial charge in [0.1, 0.15) is 24.4 Å². The van der Waals surface area contributed by atoms with Gasteiger partial charge in [-0.2, -0.15) is 8.42 Å². The number of hydrogen-bond donors (Lipinski definition) is 6. The fourth-order valence-corrected chi connectivity index (χ4v) is 7.60. The first-order chi connectivity index (χ1) is 28.0. The lowest BCUT2D eigenvalue weighted by atomic mass is 9.99. The fraction of sp³-hybridized carbons (Fsp3) is 0.844. The monoisotopic (exact) mass is 846 g/mol. The summed E-state index contributed by atoms with van der Waals surface area (Å²) in [4.78, 5) is 13.0. The minimum atomic E-state index is -5.08. The lowest BCUT2D eigenvalue weighted by molar-refractivity contribution is -0.298. The molecule has 6 N–H and O–H groups in total. The standard InChI is InChI=1S/C45H83NO11S/c1-3-5-7-9-11-13-15-17-19-21-22-24-26-28-30-32-34-39(48)38(37-55-45-43(51)44(57-58(52,53)54)42(50)40(36-47)56-45)46-41(49)35-33-31-29-27-25-23-20-18-16-14-12-10-8-6-4-2/h12,14,16,18,32,34,38-40,42-45,47-48,50-51H,3-11,13,15,17,19-31,33,35-37H2,1-2H3,(H,46,49)(H,52,53,54)/b14-12-,18-16-,34-32+. The maximum absolute atomic E-state index is 13.0. The zero-order chi connectivity index (χ0) is 42.7. The number of aliphatic hydroxyl groups excluding tert-OH is 4. The van der Waals surface area contributed by atoms with Crippen LogP contribution in [0.3, 0.4) is 0 Å². The van der Waals surface area contributed by atoms with Crippen molar-refractivity contribution in [1.29, 1.82) is 0 Å². The van der Waals surface area contributed by atoms with Crippen molar-refractivity contribution in [2.45, 2.75) is 230 Å². The largest absolute Gasteiger partial charge is 0.397 e. The quantitative estimate of drug-likeness (QED) is 0.0151. The molecule has 1 saturated heterocycles. The van der Waals surface area contributed by atoms with Crippen LogP contribution in [-0.2, 0) is 28.9 Å². The summed E-state index contributed by atoms with van der Waals surface area (Å²) in [7, 11) is -5.08. The van der Waals surface area contributed by atoms with Gasteiger partial charge in [-0.05, 0) is 44.9 Å². The molecule has 1 heterocycles. The van der Waals surface area contributed by atoms with Gasteiger partial charge in [-0.1, -0.05) is 172 Å². The second-order valence-corrected chi connectivity index (χ2v) is 17.1. The SMILES string of the molecule is CCCCC/C=C\C=C/CCCCCCCCC(=O)NC(COC1OC(CO)C(O)C(OS(=O)(=O)O)C1O)C(O)/C=C/CCCCCCCCCCCCCCCC. The molecule has 0 aromatic heterocycles. The van der Waals surface area contributed by atoms with Crippen molar-refractivity contribution in [3.8, 4) is 0 Å². The number of hydrogen-bond acceptors (Lipinski definition) is 10. The van der Waals surface area contributed by atoms with E-state index in [1.165, 1.54) is 96.3 Å². The van der Waals surface area contributed by atoms with E-state index in [0.29, 0.717) is 6.42 Å². The van der Waals surface area contributed by atoms with Gasteiger partial charge in [-0.15, -0.1) is 0 Å². The average molecular weight is 846 g/mol. The Morgan fingerprint density at radius 3 is 1.64 bits per heavy atom. The lowest BCUT2D eigenvalue weighted by Crippen LogP contribution is -2.61. The highest BCUT2D eigenvalue weighted by Gasteiger charge is 2.48. The van der Waals surface area contributed by atoms with Crippen LogP contribution in [0.15, 0.2) is 36.5 Å². The molecule has 0 aliphatic carbocycles. The van der Waals surface area contributed by atoms with Gasteiger partial charge in [0.15, 0.2) is 6.29 Å². The molecule has 0 aromatic carbocycles. The van der Waals surface area contributed by atoms with Crippen LogP contribution in [-0.4, -0.2) is 95.4 Å². The summed E-state index contributed by atoms with van der Waals surface area (Å²) in [6.07, 6.45) is 33.2. The predicted octanol–water partition coefficient (Wildman–Crippen LogP) is 8.72. The number of nitrogens with one attached hydrogen (secondary N) is 1. The van der Waals surface area contributed by atoms with E-state index < -0.39 is 59.9 Å². The van der Waals surface area contributed by atoms with Crippen molar-refractivity contribution in [3.05, 3.63) is 36.5 Å². The van der Waals surface area contributed by atoms with Crippen LogP contribution in [0, 0.1) is 0 Å². The van der Waals surface area contributed by atoms with Crippen molar-refractivity contribution < 1.29 is 51.8 Å². The molecule has 1 rings (SSSR count). The van der Waals surface area contributed by atoms with E-state index in [4.69, 9.17) is 9.47 Å². The van der Waals surface area contributed by atoms with Gasteiger partial charge in [-0.25, -0.2) is 4.18 Å². The minimum Gasteiger partial charge on any atom is -0.394 e. The Hall–Kier alpha value is -1.68. The summed E-state index contributed by atoms with van der Waals surface area (Å²) in [5.74, 6) is -0.276. The Labute approximate surface area is 352 Å². The van der Waals surface area contributed by atoms with Gasteiger partial charge in [0.05, 0.1) is 25.4 Å². The van der Waals surface area contributed by atoms with Gasteiger partial charge in [-0.3, -0.25) is 9.35 Å². The molecule has 0 spiro atoms. The molecule has 1 aliphatic heterocycles. The average Bonchev–Trinajstić information content (AvgIpc) is 3.19. The summed E-state index contributed by atoms with van der Waals surface area (Å²) in [6, 6.07) is -0.949. The normalized spacial score (nSPS) is 21.4. The molecular weight excluding hydrogens is 763 g/mol. The number of ether oxygens (including phenoxy) is 2. The highest BCUT2D eigenvalue weighted by Crippen LogP contribution is 2.26. The second-order valence-electron chi connectivity index (χ2n) is 16.0. The van der Waals surface area contributed by atoms with E-state index in [1.54, 1.807) is 6.08 Å². The number of aliphatic hydroxyl groups is 4. The minimum absolute atomic E-state index is 0.255. The summed E-state index contributed by atoms with van der Waals surface area (Å²) in [5, 5.41) is 44.7. The molecule has 1 fully saturated rings. The van der Waals surface area contributed by atoms with Crippen LogP contribution in [0.25, 0.3) is 0 Å². The molecule has 7 atom stereocenters. The Balaban J connectivity index is 2.55. The van der Waals surface area contributed by atoms with Gasteiger partial charge in [0.2, 0.25) is 5.91 Å². The Morgan fingerprint density at radius 2 is 1.14 bits per heavy atom. The van der Waals surface area contributed by atoms with E-state index in [-0.39, 0.29) is 18.9 Å². The van der Waals surface area contributed by atoms with Gasteiger partial charge < -0.3 is 35.2 Å². The van der Waals surface area contributed by atoms with Gasteiger partial charge in [0, 0.05) is 6.42 Å². The van der Waals surface area contributed by atoms with E-state index in [1.807, 2.05) is 6.08 Å². The Morgan fingerprint density at radius 1 is 0.690 bits per heavy atom. The van der Waals surface area contributed by atoms with Crippen molar-refractivity contribution >= 4 is 16.3 Å². The van der Waals surface area contributed by atoms with E-state index in [2.05, 4.69) is 47.7 Å². The third-order valence-electron chi connectivity index (χ3n) is 10.7. The van der Waals surface area contributed by atoms with E-state index in [0.717, 1.165) is 64.2 Å². The van der Waals surface area contributed by atoms with Crippen molar-refractivity contribution in [2.75, 3.05) is 13.2 Å². The molecule has 1 amide bonds. The summed E-state index contributed by atoms with van der Waals surface area (Å²) < 4.78 is 47.5. The van der Waals surface area contributed by atoms with Crippen LogP contribution in [0.1, 0.15) is 187 Å². The van der Waals surface area contributed by atoms with Crippen molar-refractivity contribution in [3.63, 3.8) is 0 Å². The summed E-state index contributed by atoms with van der Waals surface area (Å²) in [6.45, 7) is 3.34. The van der Waals surface area contributed by atoms with Crippen LogP contribution in [0.2, 0.25) is 0 Å². The fourth-order valence-electron chi connectivity index (χ4n) is 7.09. The topological polar surface area (TPSA) is 192 Å². The molecule has 0 aromatic rings. The smallest absolute Gasteiger partial charge is 0.394 e. The molecule has 7 unspecified atom stereocenters. The zero-order valence-corrected chi connectivity index (χ0v) is 36.9. The molecule has 12 nitrogen and oxygen atoms in total. The number of rotatable bonds is 38. The third kappa shape index (κ3) is 28.7. The van der Waals surface area contributed by atoms with Crippen LogP contribution in [0.4, 0.5) is 0 Å². The number of allylic oxidation sites excluding steroid dienone is 5. The lowest BCUT2D eigenvalue weighted by Gasteiger charge is -2.41. The molecule has 340 valence electrons. The van der Waals surface area contributed by atoms with Crippen LogP contribution >= 0.6 is 0 Å². The first-order valence-corrected chi connectivity index (χ1v) is 24.3. The predicted molar refractivity (Wildman–Crippen MR) is 231 cm³/mol. The van der Waals surface area contributed by atoms with Gasteiger partial charge >= 0.3 is 10.4 Å². The molecule has 0 radical (unpaired) electrons. The number of amides is 1. The maximum atomic E-state index is 13.0. The Bertz CT molecular complexity index is 1180. The highest BCUT2D eigenvalue weighted by atomic mass is 32.3. The molecule has 58 heavy (non-hydrogen) atoms. The van der Waals surface area contributed by atoms with E-state index in [9.17, 15) is 38.2 Å². The maximum Gasteiger partial charge on any atom is 0.397 e. The summed E-state index contributed by atoms with van der Waals surface area (Å²) in [5.41, 5.74) is 0. The molecule has 13 heteroatoms. The molecular formula is C45H83NO11S. The molecule has 1 aliphatic rings. The molecule has 0 saturated carbocycles. The number of carbonyl (C=O) groups is 1. The first-order valence-electron chi connectivity index (χ1n) is 22.9. The zero-order valence-electron chi connectivity index (χ0n) is 36.1. The summed E-state index contributed by atoms with van der Waals surface area (Å²) >= 11 is 0. The van der Waals surface area contributed by atoms with Crippen LogP contribution < -0.4 is 5.32 Å². The number of unbranched alkanes of at least 4 members (excludes halogenated alkanes) is 23. The van der Waals surface area contributed by atoms with Gasteiger partial charge in [0.25, 0.3) is 0 Å². The second kappa shape index (κ2) is 36.0. The molecule has 0 bridgehead atoms. The Kier molecular flexibility index (Phi) is 33.7. The first kappa shape index (κ1) is 54.3. The van der Waals surface area contributed by atoms with E-state index >= 15 is 0 Å². The number of carbonyl (C=O) groups excluding carboxylic acids is 1. The van der Waals surface area contributed by atoms with Crippen LogP contribution in [0.5, 0.6) is 0 Å².